The molecule has 0 aliphatic carbocycles. The Hall–Kier alpha value is -1.88. The number of rotatable bonds is 6. The van der Waals surface area contributed by atoms with E-state index < -0.39 is 0 Å². The lowest BCUT2D eigenvalue weighted by Gasteiger charge is -2.26. The van der Waals surface area contributed by atoms with Crippen LogP contribution in [0.25, 0.3) is 11.0 Å². The highest BCUT2D eigenvalue weighted by atomic mass is 16.1. The van der Waals surface area contributed by atoms with Crippen molar-refractivity contribution in [3.63, 3.8) is 0 Å². The van der Waals surface area contributed by atoms with Crippen LogP contribution in [-0.4, -0.2) is 33.4 Å². The summed E-state index contributed by atoms with van der Waals surface area (Å²) in [6, 6.07) is 6.05. The molecule has 1 aliphatic rings. The molecule has 5 heteroatoms. The van der Waals surface area contributed by atoms with Crippen LogP contribution in [0.1, 0.15) is 51.8 Å². The SMILES string of the molecule is CCCC(=O)Nc1ccc2c(c1)nc(CN1CCCCC1)n2CC. The molecule has 1 aliphatic heterocycles. The second kappa shape index (κ2) is 7.79. The minimum Gasteiger partial charge on any atom is -0.327 e. The lowest BCUT2D eigenvalue weighted by atomic mass is 10.1. The van der Waals surface area contributed by atoms with E-state index in [4.69, 9.17) is 4.98 Å². The molecular weight excluding hydrogens is 300 g/mol. The zero-order valence-electron chi connectivity index (χ0n) is 14.8. The Bertz CT molecular complexity index is 701. The summed E-state index contributed by atoms with van der Waals surface area (Å²) in [5, 5.41) is 2.96. The molecule has 0 unspecified atom stereocenters. The molecule has 1 amide bonds. The van der Waals surface area contributed by atoms with Crippen LogP contribution >= 0.6 is 0 Å². The Kier molecular flexibility index (Phi) is 5.51. The number of imidazole rings is 1. The van der Waals surface area contributed by atoms with Gasteiger partial charge in [-0.3, -0.25) is 9.69 Å². The lowest BCUT2D eigenvalue weighted by molar-refractivity contribution is -0.116. The molecule has 2 aromatic rings. The molecule has 130 valence electrons. The normalized spacial score (nSPS) is 15.8. The van der Waals surface area contributed by atoms with E-state index in [1.165, 1.54) is 32.4 Å². The van der Waals surface area contributed by atoms with Crippen LogP contribution in [0, 0.1) is 0 Å². The van der Waals surface area contributed by atoms with Gasteiger partial charge < -0.3 is 9.88 Å². The van der Waals surface area contributed by atoms with Crippen LogP contribution in [0.15, 0.2) is 18.2 Å². The first-order chi connectivity index (χ1) is 11.7. The number of fused-ring (bicyclic) bond motifs is 1. The van der Waals surface area contributed by atoms with Gasteiger partial charge in [0.05, 0.1) is 17.6 Å². The number of nitrogens with zero attached hydrogens (tertiary/aromatic N) is 3. The number of aromatic nitrogens is 2. The molecule has 1 fully saturated rings. The minimum absolute atomic E-state index is 0.0697. The molecule has 24 heavy (non-hydrogen) atoms. The van der Waals surface area contributed by atoms with Crippen molar-refractivity contribution in [3.05, 3.63) is 24.0 Å². The monoisotopic (exact) mass is 328 g/mol. The highest BCUT2D eigenvalue weighted by Crippen LogP contribution is 2.22. The Morgan fingerprint density at radius 1 is 1.21 bits per heavy atom. The number of carbonyl (C=O) groups is 1. The lowest BCUT2D eigenvalue weighted by Crippen LogP contribution is -2.30. The summed E-state index contributed by atoms with van der Waals surface area (Å²) >= 11 is 0. The van der Waals surface area contributed by atoms with Crippen LogP contribution in [0.3, 0.4) is 0 Å². The van der Waals surface area contributed by atoms with Crippen molar-refractivity contribution >= 4 is 22.6 Å². The van der Waals surface area contributed by atoms with Crippen molar-refractivity contribution in [2.24, 2.45) is 0 Å². The number of hydrogen-bond donors (Lipinski definition) is 1. The fourth-order valence-electron chi connectivity index (χ4n) is 3.50. The Balaban J connectivity index is 1.83. The maximum Gasteiger partial charge on any atom is 0.224 e. The zero-order chi connectivity index (χ0) is 16.9. The van der Waals surface area contributed by atoms with Gasteiger partial charge >= 0.3 is 0 Å². The van der Waals surface area contributed by atoms with Crippen LogP contribution in [0.4, 0.5) is 5.69 Å². The van der Waals surface area contributed by atoms with E-state index in [0.717, 1.165) is 42.1 Å². The number of likely N-dealkylation sites (tertiary alicyclic amines) is 1. The van der Waals surface area contributed by atoms with Gasteiger partial charge in [-0.2, -0.15) is 0 Å². The van der Waals surface area contributed by atoms with Gasteiger partial charge in [0.2, 0.25) is 5.91 Å². The predicted molar refractivity (Wildman–Crippen MR) is 98.1 cm³/mol. The van der Waals surface area contributed by atoms with Gasteiger partial charge in [0.25, 0.3) is 0 Å². The summed E-state index contributed by atoms with van der Waals surface area (Å²) in [5.41, 5.74) is 2.96. The number of benzene rings is 1. The number of carbonyl (C=O) groups excluding carboxylic acids is 1. The van der Waals surface area contributed by atoms with Crippen molar-refractivity contribution in [2.75, 3.05) is 18.4 Å². The smallest absolute Gasteiger partial charge is 0.224 e. The molecule has 1 saturated heterocycles. The summed E-state index contributed by atoms with van der Waals surface area (Å²) in [4.78, 5) is 19.2. The molecule has 3 rings (SSSR count). The Morgan fingerprint density at radius 3 is 2.71 bits per heavy atom. The Morgan fingerprint density at radius 2 is 2.00 bits per heavy atom. The van der Waals surface area contributed by atoms with Crippen molar-refractivity contribution in [2.45, 2.75) is 59.0 Å². The molecule has 0 bridgehead atoms. The van der Waals surface area contributed by atoms with Crippen molar-refractivity contribution in [1.29, 1.82) is 0 Å². The number of hydrogen-bond acceptors (Lipinski definition) is 3. The van der Waals surface area contributed by atoms with Crippen molar-refractivity contribution < 1.29 is 4.79 Å². The highest BCUT2D eigenvalue weighted by Gasteiger charge is 2.16. The first-order valence-electron chi connectivity index (χ1n) is 9.22. The van der Waals surface area contributed by atoms with E-state index in [1.54, 1.807) is 0 Å². The molecule has 0 spiro atoms. The third-order valence-electron chi connectivity index (χ3n) is 4.72. The van der Waals surface area contributed by atoms with Gasteiger partial charge in [0, 0.05) is 18.7 Å². The van der Waals surface area contributed by atoms with Gasteiger partial charge in [0.15, 0.2) is 0 Å². The molecular formula is C19H28N4O. The van der Waals surface area contributed by atoms with Gasteiger partial charge in [-0.15, -0.1) is 0 Å². The van der Waals surface area contributed by atoms with Crippen molar-refractivity contribution in [1.82, 2.24) is 14.5 Å². The van der Waals surface area contributed by atoms with E-state index in [0.29, 0.717) is 6.42 Å². The van der Waals surface area contributed by atoms with Crippen molar-refractivity contribution in [3.8, 4) is 0 Å². The molecule has 1 aromatic heterocycles. The van der Waals surface area contributed by atoms with Crippen LogP contribution < -0.4 is 5.32 Å². The predicted octanol–water partition coefficient (Wildman–Crippen LogP) is 3.78. The average Bonchev–Trinajstić information content (AvgIpc) is 2.92. The Labute approximate surface area is 144 Å². The molecule has 0 radical (unpaired) electrons. The first kappa shape index (κ1) is 17.0. The third-order valence-corrected chi connectivity index (χ3v) is 4.72. The maximum absolute atomic E-state index is 11.8. The second-order valence-electron chi connectivity index (χ2n) is 6.61. The summed E-state index contributed by atoms with van der Waals surface area (Å²) in [6.07, 6.45) is 5.35. The van der Waals surface area contributed by atoms with Gasteiger partial charge in [0.1, 0.15) is 5.82 Å². The van der Waals surface area contributed by atoms with Crippen LogP contribution in [0.2, 0.25) is 0 Å². The third kappa shape index (κ3) is 3.78. The summed E-state index contributed by atoms with van der Waals surface area (Å²) < 4.78 is 2.29. The number of nitrogens with one attached hydrogen (secondary N) is 1. The fourth-order valence-corrected chi connectivity index (χ4v) is 3.50. The quantitative estimate of drug-likeness (QED) is 0.878. The molecule has 0 atom stereocenters. The maximum atomic E-state index is 11.8. The average molecular weight is 328 g/mol. The largest absolute Gasteiger partial charge is 0.327 e. The van der Waals surface area contributed by atoms with Gasteiger partial charge in [-0.1, -0.05) is 13.3 Å². The van der Waals surface area contributed by atoms with E-state index in [9.17, 15) is 4.79 Å². The first-order valence-corrected chi connectivity index (χ1v) is 9.22. The van der Waals surface area contributed by atoms with E-state index in [2.05, 4.69) is 27.8 Å². The number of aryl methyl sites for hydroxylation is 1. The fraction of sp³-hybridized carbons (Fsp3) is 0.579. The molecule has 2 heterocycles. The topological polar surface area (TPSA) is 50.2 Å². The summed E-state index contributed by atoms with van der Waals surface area (Å²) in [7, 11) is 0. The van der Waals surface area contributed by atoms with E-state index >= 15 is 0 Å². The zero-order valence-corrected chi connectivity index (χ0v) is 14.8. The van der Waals surface area contributed by atoms with Crippen LogP contribution in [0.5, 0.6) is 0 Å². The number of piperidine rings is 1. The standard InChI is InChI=1S/C19H28N4O/c1-3-8-19(24)20-15-9-10-17-16(13-15)21-18(23(17)4-2)14-22-11-6-5-7-12-22/h9-10,13H,3-8,11-12,14H2,1-2H3,(H,20,24). The number of anilines is 1. The molecule has 1 N–H and O–H groups in total. The highest BCUT2D eigenvalue weighted by molar-refractivity contribution is 5.93. The van der Waals surface area contributed by atoms with Gasteiger partial charge in [-0.25, -0.2) is 4.98 Å². The molecule has 1 aromatic carbocycles. The van der Waals surface area contributed by atoms with E-state index in [1.807, 2.05) is 19.1 Å². The second-order valence-corrected chi connectivity index (χ2v) is 6.61. The summed E-state index contributed by atoms with van der Waals surface area (Å²) in [6.45, 7) is 8.36. The number of amides is 1. The summed E-state index contributed by atoms with van der Waals surface area (Å²) in [5.74, 6) is 1.20. The van der Waals surface area contributed by atoms with Crippen LogP contribution in [-0.2, 0) is 17.9 Å². The van der Waals surface area contributed by atoms with E-state index in [-0.39, 0.29) is 5.91 Å². The van der Waals surface area contributed by atoms with Gasteiger partial charge in [-0.05, 0) is 57.5 Å². The molecule has 0 saturated carbocycles. The minimum atomic E-state index is 0.0697. The molecule has 5 nitrogen and oxygen atoms in total.